The Morgan fingerprint density at radius 3 is 3.05 bits per heavy atom. The molecule has 1 amide bonds. The number of halogens is 1. The van der Waals surface area contributed by atoms with Crippen LogP contribution in [-0.2, 0) is 11.8 Å². The van der Waals surface area contributed by atoms with E-state index in [0.29, 0.717) is 23.5 Å². The lowest BCUT2D eigenvalue weighted by molar-refractivity contribution is -0.129. The lowest BCUT2D eigenvalue weighted by Gasteiger charge is -2.40. The van der Waals surface area contributed by atoms with E-state index < -0.39 is 0 Å². The normalized spacial score (nSPS) is 25.2. The predicted molar refractivity (Wildman–Crippen MR) is 82.1 cm³/mol. The first-order valence-electron chi connectivity index (χ1n) is 7.79. The second-order valence-electron chi connectivity index (χ2n) is 6.26. The van der Waals surface area contributed by atoms with Gasteiger partial charge in [0.05, 0.1) is 11.4 Å². The van der Waals surface area contributed by atoms with Gasteiger partial charge < -0.3 is 14.8 Å². The Morgan fingerprint density at radius 2 is 2.23 bits per heavy atom. The van der Waals surface area contributed by atoms with Gasteiger partial charge in [0.25, 0.3) is 0 Å². The molecule has 2 aliphatic heterocycles. The summed E-state index contributed by atoms with van der Waals surface area (Å²) in [5, 5.41) is 2.95. The molecular formula is C16H19FN4O. The molecule has 2 fully saturated rings. The first kappa shape index (κ1) is 13.5. The van der Waals surface area contributed by atoms with Crippen molar-refractivity contribution in [3.8, 4) is 0 Å². The standard InChI is InChI=1S/C16H19FN4O/c1-20-14-12(17)3-2-4-13(14)19-16(20)21-8-6-10-5-7-18-15(22)11(10)9-21/h2-4,10-11H,5-9H2,1H3,(H,18,22)/t10-,11+/m0/s1. The fraction of sp³-hybridized carbons (Fsp3) is 0.500. The number of hydrogen-bond acceptors (Lipinski definition) is 3. The van der Waals surface area contributed by atoms with E-state index >= 15 is 0 Å². The number of aromatic nitrogens is 2. The van der Waals surface area contributed by atoms with E-state index in [4.69, 9.17) is 0 Å². The maximum atomic E-state index is 14.0. The van der Waals surface area contributed by atoms with Crippen LogP contribution in [0.15, 0.2) is 18.2 Å². The third-order valence-corrected chi connectivity index (χ3v) is 5.01. The van der Waals surface area contributed by atoms with Crippen molar-refractivity contribution in [1.29, 1.82) is 0 Å². The molecule has 2 aliphatic rings. The molecule has 3 heterocycles. The number of carbonyl (C=O) groups excluding carboxylic acids is 1. The van der Waals surface area contributed by atoms with E-state index in [1.54, 1.807) is 10.6 Å². The van der Waals surface area contributed by atoms with E-state index in [2.05, 4.69) is 15.2 Å². The van der Waals surface area contributed by atoms with Crippen molar-refractivity contribution >= 4 is 22.9 Å². The van der Waals surface area contributed by atoms with Crippen molar-refractivity contribution in [2.75, 3.05) is 24.5 Å². The van der Waals surface area contributed by atoms with Crippen LogP contribution in [0.25, 0.3) is 11.0 Å². The number of nitrogens with zero attached hydrogens (tertiary/aromatic N) is 3. The molecule has 0 aliphatic carbocycles. The van der Waals surface area contributed by atoms with Crippen molar-refractivity contribution in [1.82, 2.24) is 14.9 Å². The summed E-state index contributed by atoms with van der Waals surface area (Å²) in [4.78, 5) is 18.8. The number of nitrogens with one attached hydrogen (secondary N) is 1. The molecule has 0 bridgehead atoms. The fourth-order valence-corrected chi connectivity index (χ4v) is 3.83. The lowest BCUT2D eigenvalue weighted by atomic mass is 9.80. The molecule has 1 aromatic carbocycles. The van der Waals surface area contributed by atoms with Crippen LogP contribution < -0.4 is 10.2 Å². The van der Waals surface area contributed by atoms with Crippen LogP contribution >= 0.6 is 0 Å². The van der Waals surface area contributed by atoms with Gasteiger partial charge in [-0.15, -0.1) is 0 Å². The Balaban J connectivity index is 1.69. The number of para-hydroxylation sites is 1. The average molecular weight is 302 g/mol. The average Bonchev–Trinajstić information content (AvgIpc) is 2.86. The van der Waals surface area contributed by atoms with Gasteiger partial charge in [-0.1, -0.05) is 6.07 Å². The molecule has 22 heavy (non-hydrogen) atoms. The fourth-order valence-electron chi connectivity index (χ4n) is 3.83. The quantitative estimate of drug-likeness (QED) is 0.872. The van der Waals surface area contributed by atoms with Gasteiger partial charge in [-0.05, 0) is 30.9 Å². The third kappa shape index (κ3) is 1.97. The summed E-state index contributed by atoms with van der Waals surface area (Å²) in [6, 6.07) is 4.95. The van der Waals surface area contributed by atoms with Crippen LogP contribution in [0.4, 0.5) is 10.3 Å². The van der Waals surface area contributed by atoms with Gasteiger partial charge in [0.1, 0.15) is 11.3 Å². The van der Waals surface area contributed by atoms with Crippen LogP contribution in [0.1, 0.15) is 12.8 Å². The molecule has 0 radical (unpaired) electrons. The number of amides is 1. The minimum Gasteiger partial charge on any atom is -0.356 e. The third-order valence-electron chi connectivity index (χ3n) is 5.01. The summed E-state index contributed by atoms with van der Waals surface area (Å²) in [7, 11) is 1.83. The summed E-state index contributed by atoms with van der Waals surface area (Å²) < 4.78 is 15.8. The van der Waals surface area contributed by atoms with Gasteiger partial charge in [-0.2, -0.15) is 0 Å². The van der Waals surface area contributed by atoms with Crippen molar-refractivity contribution in [2.24, 2.45) is 18.9 Å². The smallest absolute Gasteiger partial charge is 0.225 e. The highest BCUT2D eigenvalue weighted by Gasteiger charge is 2.37. The molecule has 2 atom stereocenters. The van der Waals surface area contributed by atoms with E-state index in [9.17, 15) is 9.18 Å². The number of aryl methyl sites for hydroxylation is 1. The maximum Gasteiger partial charge on any atom is 0.225 e. The maximum absolute atomic E-state index is 14.0. The Bertz CT molecular complexity index is 741. The molecule has 1 N–H and O–H groups in total. The monoisotopic (exact) mass is 302 g/mol. The molecule has 1 aromatic heterocycles. The van der Waals surface area contributed by atoms with E-state index in [-0.39, 0.29) is 17.6 Å². The number of rotatable bonds is 1. The highest BCUT2D eigenvalue weighted by molar-refractivity contribution is 5.82. The molecule has 5 nitrogen and oxygen atoms in total. The van der Waals surface area contributed by atoms with Gasteiger partial charge in [0, 0.05) is 26.7 Å². The van der Waals surface area contributed by atoms with Gasteiger partial charge in [0.2, 0.25) is 11.9 Å². The molecule has 0 spiro atoms. The molecule has 2 saturated heterocycles. The molecule has 116 valence electrons. The van der Waals surface area contributed by atoms with E-state index in [1.165, 1.54) is 6.07 Å². The van der Waals surface area contributed by atoms with E-state index in [1.807, 2.05) is 13.1 Å². The Labute approximate surface area is 128 Å². The molecular weight excluding hydrogens is 283 g/mol. The number of benzene rings is 1. The van der Waals surface area contributed by atoms with Crippen LogP contribution in [0.3, 0.4) is 0 Å². The number of imidazole rings is 1. The minimum atomic E-state index is -0.260. The summed E-state index contributed by atoms with van der Waals surface area (Å²) >= 11 is 0. The van der Waals surface area contributed by atoms with Gasteiger partial charge in [-0.3, -0.25) is 4.79 Å². The highest BCUT2D eigenvalue weighted by Crippen LogP contribution is 2.32. The SMILES string of the molecule is Cn1c(N2CC[C@@H]3CCNC(=O)[C@@H]3C2)nc2cccc(F)c21. The Kier molecular flexibility index (Phi) is 3.06. The largest absolute Gasteiger partial charge is 0.356 e. The number of fused-ring (bicyclic) bond motifs is 2. The molecule has 6 heteroatoms. The van der Waals surface area contributed by atoms with Gasteiger partial charge in [0.15, 0.2) is 0 Å². The zero-order valence-corrected chi connectivity index (χ0v) is 12.6. The van der Waals surface area contributed by atoms with E-state index in [0.717, 1.165) is 31.9 Å². The molecule has 2 aromatic rings. The van der Waals surface area contributed by atoms with Crippen molar-refractivity contribution in [3.05, 3.63) is 24.0 Å². The topological polar surface area (TPSA) is 50.2 Å². The van der Waals surface area contributed by atoms with Gasteiger partial charge in [-0.25, -0.2) is 9.37 Å². The molecule has 4 rings (SSSR count). The zero-order valence-electron chi connectivity index (χ0n) is 12.6. The number of hydrogen-bond donors (Lipinski definition) is 1. The lowest BCUT2D eigenvalue weighted by Crippen LogP contribution is -2.52. The summed E-state index contributed by atoms with van der Waals surface area (Å²) in [5.74, 6) is 1.12. The Hall–Kier alpha value is -2.11. The number of carbonyl (C=O) groups is 1. The minimum absolute atomic E-state index is 0.0205. The zero-order chi connectivity index (χ0) is 15.3. The molecule has 0 saturated carbocycles. The summed E-state index contributed by atoms with van der Waals surface area (Å²) in [6.45, 7) is 2.32. The van der Waals surface area contributed by atoms with Crippen molar-refractivity contribution in [2.45, 2.75) is 12.8 Å². The number of anilines is 1. The second-order valence-corrected chi connectivity index (χ2v) is 6.26. The summed E-state index contributed by atoms with van der Waals surface area (Å²) in [6.07, 6.45) is 2.05. The van der Waals surface area contributed by atoms with Crippen LogP contribution in [0.2, 0.25) is 0 Å². The second kappa shape index (κ2) is 4.97. The predicted octanol–water partition coefficient (Wildman–Crippen LogP) is 1.67. The van der Waals surface area contributed by atoms with Crippen LogP contribution in [-0.4, -0.2) is 35.1 Å². The molecule has 0 unspecified atom stereocenters. The van der Waals surface area contributed by atoms with Crippen molar-refractivity contribution in [3.63, 3.8) is 0 Å². The van der Waals surface area contributed by atoms with Gasteiger partial charge >= 0.3 is 0 Å². The highest BCUT2D eigenvalue weighted by atomic mass is 19.1. The van der Waals surface area contributed by atoms with Crippen LogP contribution in [0.5, 0.6) is 0 Å². The van der Waals surface area contributed by atoms with Crippen LogP contribution in [0, 0.1) is 17.7 Å². The first-order valence-corrected chi connectivity index (χ1v) is 7.79. The number of piperidine rings is 2. The first-order chi connectivity index (χ1) is 10.6. The summed E-state index contributed by atoms with van der Waals surface area (Å²) in [5.41, 5.74) is 1.18. The van der Waals surface area contributed by atoms with Crippen molar-refractivity contribution < 1.29 is 9.18 Å². The Morgan fingerprint density at radius 1 is 1.36 bits per heavy atom.